The lowest BCUT2D eigenvalue weighted by Crippen LogP contribution is -2.26. The van der Waals surface area contributed by atoms with Gasteiger partial charge in [-0.1, -0.05) is 12.6 Å². The minimum atomic E-state index is -0.208. The van der Waals surface area contributed by atoms with E-state index in [0.717, 1.165) is 11.1 Å². The van der Waals surface area contributed by atoms with Gasteiger partial charge in [-0.05, 0) is 66.9 Å². The highest BCUT2D eigenvalue weighted by molar-refractivity contribution is 6.01. The average molecular weight is 347 g/mol. The molecule has 132 valence electrons. The second kappa shape index (κ2) is 8.63. The maximum absolute atomic E-state index is 12.2. The molecule has 0 aliphatic rings. The van der Waals surface area contributed by atoms with Crippen molar-refractivity contribution >= 4 is 17.5 Å². The van der Waals surface area contributed by atoms with E-state index >= 15 is 0 Å². The van der Waals surface area contributed by atoms with Crippen molar-refractivity contribution in [3.8, 4) is 6.07 Å². The van der Waals surface area contributed by atoms with Crippen molar-refractivity contribution in [3.05, 3.63) is 77.4 Å². The summed E-state index contributed by atoms with van der Waals surface area (Å²) >= 11 is 0. The number of carbonyl (C=O) groups is 2. The summed E-state index contributed by atoms with van der Waals surface area (Å²) in [5.41, 5.74) is 4.00. The summed E-state index contributed by atoms with van der Waals surface area (Å²) in [6, 6.07) is 14.5. The second-order valence-corrected chi connectivity index (χ2v) is 5.91. The van der Waals surface area contributed by atoms with Gasteiger partial charge in [0.25, 0.3) is 5.91 Å². The number of amides is 2. The van der Waals surface area contributed by atoms with E-state index in [-0.39, 0.29) is 11.8 Å². The Morgan fingerprint density at radius 3 is 2.50 bits per heavy atom. The van der Waals surface area contributed by atoms with Crippen LogP contribution in [-0.4, -0.2) is 25.4 Å². The first-order chi connectivity index (χ1) is 12.5. The maximum Gasteiger partial charge on any atom is 0.251 e. The Hall–Kier alpha value is -3.39. The van der Waals surface area contributed by atoms with E-state index in [0.29, 0.717) is 29.8 Å². The number of hydrogen-bond donors (Lipinski definition) is 1. The van der Waals surface area contributed by atoms with Crippen molar-refractivity contribution in [1.29, 1.82) is 5.26 Å². The molecule has 2 aromatic rings. The molecule has 0 radical (unpaired) electrons. The fourth-order valence-electron chi connectivity index (χ4n) is 2.56. The maximum atomic E-state index is 12.2. The predicted octanol–water partition coefficient (Wildman–Crippen LogP) is 2.99. The highest BCUT2D eigenvalue weighted by Gasteiger charge is 2.09. The number of aryl methyl sites for hydroxylation is 1. The van der Waals surface area contributed by atoms with Crippen molar-refractivity contribution in [3.63, 3.8) is 0 Å². The first kappa shape index (κ1) is 18.9. The molecule has 0 heterocycles. The Morgan fingerprint density at radius 2 is 1.92 bits per heavy atom. The van der Waals surface area contributed by atoms with Gasteiger partial charge in [-0.25, -0.2) is 0 Å². The first-order valence-corrected chi connectivity index (χ1v) is 8.24. The molecular weight excluding hydrogens is 326 g/mol. The number of nitrogens with one attached hydrogen (secondary N) is 1. The van der Waals surface area contributed by atoms with Gasteiger partial charge in [0, 0.05) is 24.8 Å². The Bertz CT molecular complexity index is 864. The third kappa shape index (κ3) is 4.58. The lowest BCUT2D eigenvalue weighted by atomic mass is 10.0. The molecule has 5 heteroatoms. The van der Waals surface area contributed by atoms with Gasteiger partial charge in [0.2, 0.25) is 5.91 Å². The zero-order valence-electron chi connectivity index (χ0n) is 15.0. The molecule has 26 heavy (non-hydrogen) atoms. The third-order valence-corrected chi connectivity index (χ3v) is 4.17. The Kier molecular flexibility index (Phi) is 6.29. The molecule has 0 atom stereocenters. The molecule has 0 unspecified atom stereocenters. The van der Waals surface area contributed by atoms with Gasteiger partial charge in [-0.15, -0.1) is 0 Å². The highest BCUT2D eigenvalue weighted by Crippen LogP contribution is 2.14. The lowest BCUT2D eigenvalue weighted by molar-refractivity contribution is -0.113. The van der Waals surface area contributed by atoms with Crippen LogP contribution < -0.4 is 10.2 Å². The van der Waals surface area contributed by atoms with Gasteiger partial charge in [0.15, 0.2) is 0 Å². The highest BCUT2D eigenvalue weighted by atomic mass is 16.2. The molecule has 0 saturated heterocycles. The first-order valence-electron chi connectivity index (χ1n) is 8.24. The van der Waals surface area contributed by atoms with E-state index in [4.69, 9.17) is 5.26 Å². The molecule has 1 N–H and O–H groups in total. The van der Waals surface area contributed by atoms with E-state index in [1.807, 2.05) is 19.1 Å². The zero-order chi connectivity index (χ0) is 19.1. The van der Waals surface area contributed by atoms with Gasteiger partial charge < -0.3 is 10.2 Å². The van der Waals surface area contributed by atoms with Crippen LogP contribution in [0.25, 0.3) is 0 Å². The van der Waals surface area contributed by atoms with E-state index in [1.54, 1.807) is 37.4 Å². The van der Waals surface area contributed by atoms with Gasteiger partial charge >= 0.3 is 0 Å². The number of likely N-dealkylation sites (N-methyl/N-ethyl adjacent to an activating group) is 1. The Morgan fingerprint density at radius 1 is 1.23 bits per heavy atom. The SMILES string of the molecule is C=CC(=O)N(C)c1ccc(C(=O)NCCc2ccc(C#N)cc2C)cc1. The number of benzene rings is 2. The molecule has 0 aliphatic carbocycles. The van der Waals surface area contributed by atoms with Crippen LogP contribution in [0, 0.1) is 18.3 Å². The number of carbonyl (C=O) groups excluding carboxylic acids is 2. The Balaban J connectivity index is 1.93. The van der Waals surface area contributed by atoms with Crippen molar-refractivity contribution in [1.82, 2.24) is 5.32 Å². The topological polar surface area (TPSA) is 73.2 Å². The van der Waals surface area contributed by atoms with E-state index in [2.05, 4.69) is 18.0 Å². The number of hydrogen-bond acceptors (Lipinski definition) is 3. The summed E-state index contributed by atoms with van der Waals surface area (Å²) < 4.78 is 0. The minimum absolute atomic E-state index is 0.166. The van der Waals surface area contributed by atoms with Crippen LogP contribution in [0.15, 0.2) is 55.1 Å². The van der Waals surface area contributed by atoms with Gasteiger partial charge in [0.1, 0.15) is 0 Å². The second-order valence-electron chi connectivity index (χ2n) is 5.91. The number of anilines is 1. The molecule has 2 rings (SSSR count). The number of rotatable bonds is 6. The van der Waals surface area contributed by atoms with Crippen LogP contribution in [0.4, 0.5) is 5.69 Å². The van der Waals surface area contributed by atoms with Crippen molar-refractivity contribution in [2.24, 2.45) is 0 Å². The zero-order valence-corrected chi connectivity index (χ0v) is 15.0. The summed E-state index contributed by atoms with van der Waals surface area (Å²) in [5, 5.41) is 11.8. The Labute approximate surface area is 153 Å². The monoisotopic (exact) mass is 347 g/mol. The van der Waals surface area contributed by atoms with Crippen LogP contribution in [0.5, 0.6) is 0 Å². The molecule has 2 amide bonds. The largest absolute Gasteiger partial charge is 0.352 e. The molecular formula is C21H21N3O2. The molecule has 2 aromatic carbocycles. The van der Waals surface area contributed by atoms with E-state index < -0.39 is 0 Å². The smallest absolute Gasteiger partial charge is 0.251 e. The minimum Gasteiger partial charge on any atom is -0.352 e. The van der Waals surface area contributed by atoms with Gasteiger partial charge in [-0.2, -0.15) is 5.26 Å². The van der Waals surface area contributed by atoms with Crippen LogP contribution in [0.1, 0.15) is 27.0 Å². The summed E-state index contributed by atoms with van der Waals surface area (Å²) in [6.07, 6.45) is 1.93. The van der Waals surface area contributed by atoms with Crippen LogP contribution in [0.2, 0.25) is 0 Å². The summed E-state index contributed by atoms with van der Waals surface area (Å²) in [4.78, 5) is 25.3. The van der Waals surface area contributed by atoms with Crippen LogP contribution in [0.3, 0.4) is 0 Å². The van der Waals surface area contributed by atoms with Crippen LogP contribution >= 0.6 is 0 Å². The third-order valence-electron chi connectivity index (χ3n) is 4.17. The molecule has 0 aliphatic heterocycles. The molecule has 0 fully saturated rings. The standard InChI is InChI=1S/C21H21N3O2/c1-4-20(25)24(3)19-9-7-18(8-10-19)21(26)23-12-11-17-6-5-16(14-22)13-15(17)2/h4-10,13H,1,11-12H2,2-3H3,(H,23,26). The molecule has 0 saturated carbocycles. The summed E-state index contributed by atoms with van der Waals surface area (Å²) in [5.74, 6) is -0.375. The summed E-state index contributed by atoms with van der Waals surface area (Å²) in [6.45, 7) is 5.91. The quantitative estimate of drug-likeness (QED) is 0.817. The summed E-state index contributed by atoms with van der Waals surface area (Å²) in [7, 11) is 1.65. The van der Waals surface area contributed by atoms with Crippen LogP contribution in [-0.2, 0) is 11.2 Å². The average Bonchev–Trinajstić information content (AvgIpc) is 2.67. The van der Waals surface area contributed by atoms with Gasteiger partial charge in [-0.3, -0.25) is 9.59 Å². The van der Waals surface area contributed by atoms with Crippen molar-refractivity contribution in [2.45, 2.75) is 13.3 Å². The fraction of sp³-hybridized carbons (Fsp3) is 0.190. The molecule has 0 spiro atoms. The van der Waals surface area contributed by atoms with Crippen molar-refractivity contribution < 1.29 is 9.59 Å². The predicted molar refractivity (Wildman–Crippen MR) is 102 cm³/mol. The lowest BCUT2D eigenvalue weighted by Gasteiger charge is -2.15. The van der Waals surface area contributed by atoms with E-state index in [9.17, 15) is 9.59 Å². The normalized spacial score (nSPS) is 9.88. The molecule has 5 nitrogen and oxygen atoms in total. The number of nitrogens with zero attached hydrogens (tertiary/aromatic N) is 2. The van der Waals surface area contributed by atoms with E-state index in [1.165, 1.54) is 11.0 Å². The number of nitriles is 1. The van der Waals surface area contributed by atoms with Crippen molar-refractivity contribution in [2.75, 3.05) is 18.5 Å². The van der Waals surface area contributed by atoms with Gasteiger partial charge in [0.05, 0.1) is 11.6 Å². The fourth-order valence-corrected chi connectivity index (χ4v) is 2.56. The molecule has 0 aromatic heterocycles. The molecule has 0 bridgehead atoms.